The van der Waals surface area contributed by atoms with E-state index >= 15 is 0 Å². The molecule has 2 atom stereocenters. The number of hydrogen-bond acceptors (Lipinski definition) is 5. The summed E-state index contributed by atoms with van der Waals surface area (Å²) in [6, 6.07) is 13.1. The van der Waals surface area contributed by atoms with Crippen LogP contribution in [0, 0.1) is 6.92 Å². The number of carbonyl (C=O) groups is 1. The average molecular weight is 417 g/mol. The van der Waals surface area contributed by atoms with Crippen molar-refractivity contribution in [3.8, 4) is 0 Å². The van der Waals surface area contributed by atoms with E-state index in [2.05, 4.69) is 46.1 Å². The molecular formula is C25H28N4O2. The molecule has 0 N–H and O–H groups in total. The van der Waals surface area contributed by atoms with Crippen molar-refractivity contribution in [2.75, 3.05) is 24.6 Å². The van der Waals surface area contributed by atoms with Gasteiger partial charge in [-0.3, -0.25) is 9.78 Å². The van der Waals surface area contributed by atoms with Gasteiger partial charge in [0, 0.05) is 49.1 Å². The molecule has 1 amide bonds. The Morgan fingerprint density at radius 2 is 1.94 bits per heavy atom. The zero-order valence-electron chi connectivity index (χ0n) is 17.9. The molecule has 0 spiro atoms. The first-order valence-electron chi connectivity index (χ1n) is 11.1. The summed E-state index contributed by atoms with van der Waals surface area (Å²) in [6.45, 7) is 4.56. The Morgan fingerprint density at radius 1 is 1.10 bits per heavy atom. The molecule has 6 nitrogen and oxygen atoms in total. The van der Waals surface area contributed by atoms with E-state index in [0.717, 1.165) is 48.1 Å². The van der Waals surface area contributed by atoms with Gasteiger partial charge >= 0.3 is 0 Å². The number of aryl methyl sites for hydroxylation is 1. The maximum Gasteiger partial charge on any atom is 0.225 e. The number of hydrogen-bond donors (Lipinski definition) is 0. The quantitative estimate of drug-likeness (QED) is 0.573. The molecule has 2 aromatic heterocycles. The molecule has 31 heavy (non-hydrogen) atoms. The van der Waals surface area contributed by atoms with Gasteiger partial charge in [0.1, 0.15) is 5.82 Å². The molecule has 2 aliphatic heterocycles. The van der Waals surface area contributed by atoms with Crippen LogP contribution >= 0.6 is 0 Å². The Labute approximate surface area is 182 Å². The molecule has 2 fully saturated rings. The van der Waals surface area contributed by atoms with Crippen molar-refractivity contribution in [3.05, 3.63) is 66.1 Å². The van der Waals surface area contributed by atoms with E-state index in [1.165, 1.54) is 5.56 Å². The second-order valence-electron chi connectivity index (χ2n) is 8.60. The van der Waals surface area contributed by atoms with E-state index in [1.54, 1.807) is 6.20 Å². The number of carbonyl (C=O) groups excluding carboxylic acids is 1. The topological polar surface area (TPSA) is 58.6 Å². The van der Waals surface area contributed by atoms with E-state index in [0.29, 0.717) is 31.7 Å². The predicted molar refractivity (Wildman–Crippen MR) is 121 cm³/mol. The van der Waals surface area contributed by atoms with Crippen LogP contribution in [-0.4, -0.2) is 52.6 Å². The summed E-state index contributed by atoms with van der Waals surface area (Å²) in [5.41, 5.74) is 2.30. The summed E-state index contributed by atoms with van der Waals surface area (Å²) in [7, 11) is 0. The van der Waals surface area contributed by atoms with Crippen LogP contribution in [0.4, 0.5) is 5.82 Å². The number of anilines is 1. The van der Waals surface area contributed by atoms with Gasteiger partial charge in [-0.05, 0) is 48.4 Å². The number of benzene rings is 1. The van der Waals surface area contributed by atoms with Gasteiger partial charge in [0.05, 0.1) is 19.6 Å². The molecule has 4 heterocycles. The lowest BCUT2D eigenvalue weighted by Gasteiger charge is -2.41. The van der Waals surface area contributed by atoms with Crippen LogP contribution in [0.15, 0.2) is 55.0 Å². The molecule has 160 valence electrons. The largest absolute Gasteiger partial charge is 0.376 e. The van der Waals surface area contributed by atoms with Gasteiger partial charge in [0.15, 0.2) is 0 Å². The van der Waals surface area contributed by atoms with Crippen molar-refractivity contribution in [3.63, 3.8) is 0 Å². The highest BCUT2D eigenvalue weighted by molar-refractivity contribution is 5.84. The third-order valence-electron chi connectivity index (χ3n) is 6.48. The molecular weight excluding hydrogens is 388 g/mol. The van der Waals surface area contributed by atoms with Gasteiger partial charge in [-0.15, -0.1) is 0 Å². The number of pyridine rings is 2. The smallest absolute Gasteiger partial charge is 0.225 e. The molecule has 3 aromatic rings. The summed E-state index contributed by atoms with van der Waals surface area (Å²) >= 11 is 0. The van der Waals surface area contributed by atoms with Crippen molar-refractivity contribution in [2.45, 2.75) is 44.9 Å². The number of piperazine rings is 1. The Bertz CT molecular complexity index is 1050. The Balaban J connectivity index is 1.14. The molecule has 1 aromatic carbocycles. The molecule has 2 saturated heterocycles. The third kappa shape index (κ3) is 4.12. The van der Waals surface area contributed by atoms with E-state index in [4.69, 9.17) is 4.74 Å². The molecule has 2 bridgehead atoms. The lowest BCUT2D eigenvalue weighted by atomic mass is 10.1. The number of likely N-dealkylation sites (tertiary alicyclic amines) is 1. The number of fused-ring (bicyclic) bond motifs is 3. The van der Waals surface area contributed by atoms with Crippen LogP contribution in [0.5, 0.6) is 0 Å². The van der Waals surface area contributed by atoms with E-state index in [9.17, 15) is 4.79 Å². The summed E-state index contributed by atoms with van der Waals surface area (Å²) in [5.74, 6) is 1.23. The summed E-state index contributed by atoms with van der Waals surface area (Å²) in [5, 5.41) is 2.26. The van der Waals surface area contributed by atoms with Crippen molar-refractivity contribution >= 4 is 22.5 Å². The second-order valence-corrected chi connectivity index (χ2v) is 8.60. The Hall–Kier alpha value is -2.99. The van der Waals surface area contributed by atoms with Crippen molar-refractivity contribution < 1.29 is 9.53 Å². The van der Waals surface area contributed by atoms with Crippen LogP contribution in [0.3, 0.4) is 0 Å². The lowest BCUT2D eigenvalue weighted by molar-refractivity contribution is -0.133. The summed E-state index contributed by atoms with van der Waals surface area (Å²) in [6.07, 6.45) is 8.26. The molecule has 6 heteroatoms. The zero-order valence-corrected chi connectivity index (χ0v) is 17.9. The molecule has 0 aliphatic carbocycles. The van der Waals surface area contributed by atoms with Gasteiger partial charge in [-0.2, -0.15) is 0 Å². The minimum Gasteiger partial charge on any atom is -0.376 e. The van der Waals surface area contributed by atoms with Crippen molar-refractivity contribution in [1.29, 1.82) is 0 Å². The monoisotopic (exact) mass is 416 g/mol. The minimum absolute atomic E-state index is 0.190. The first-order valence-corrected chi connectivity index (χ1v) is 11.1. The van der Waals surface area contributed by atoms with Gasteiger partial charge < -0.3 is 14.5 Å². The summed E-state index contributed by atoms with van der Waals surface area (Å²) in [4.78, 5) is 26.1. The minimum atomic E-state index is 0.190. The molecule has 0 saturated carbocycles. The fourth-order valence-corrected chi connectivity index (χ4v) is 4.91. The van der Waals surface area contributed by atoms with Gasteiger partial charge in [-0.25, -0.2) is 4.98 Å². The predicted octanol–water partition coefficient (Wildman–Crippen LogP) is 3.72. The fourth-order valence-electron chi connectivity index (χ4n) is 4.91. The Morgan fingerprint density at radius 3 is 2.71 bits per heavy atom. The van der Waals surface area contributed by atoms with E-state index in [-0.39, 0.29) is 5.91 Å². The highest BCUT2D eigenvalue weighted by Crippen LogP contribution is 2.34. The van der Waals surface area contributed by atoms with Gasteiger partial charge in [0.25, 0.3) is 0 Å². The number of nitrogens with zero attached hydrogens (tertiary/aromatic N) is 4. The second kappa shape index (κ2) is 8.63. The highest BCUT2D eigenvalue weighted by Gasteiger charge is 2.41. The van der Waals surface area contributed by atoms with E-state index in [1.807, 2.05) is 29.4 Å². The standard InChI is InChI=1S/C25H28N4O2/c1-18-5-8-24(27-13-18)29-21-6-7-22(29)16-28(15-21)25(30)10-12-31-17-20-4-2-3-19-14-26-11-9-23(19)20/h2-5,8-9,11,13-14,21-22H,6-7,10,12,15-17H2,1H3. The van der Waals surface area contributed by atoms with Crippen LogP contribution in [0.1, 0.15) is 30.4 Å². The Kier molecular flexibility index (Phi) is 5.55. The van der Waals surface area contributed by atoms with Crippen LogP contribution in [-0.2, 0) is 16.1 Å². The highest BCUT2D eigenvalue weighted by atomic mass is 16.5. The lowest BCUT2D eigenvalue weighted by Crippen LogP contribution is -2.55. The molecule has 0 radical (unpaired) electrons. The molecule has 5 rings (SSSR count). The average Bonchev–Trinajstić information content (AvgIpc) is 3.06. The maximum atomic E-state index is 12.8. The molecule has 2 unspecified atom stereocenters. The SMILES string of the molecule is Cc1ccc(N2C3CCC2CN(C(=O)CCOCc2cccc4cnccc24)C3)nc1. The van der Waals surface area contributed by atoms with Crippen LogP contribution in [0.2, 0.25) is 0 Å². The van der Waals surface area contributed by atoms with Gasteiger partial charge in [-0.1, -0.05) is 24.3 Å². The number of amides is 1. The first-order chi connectivity index (χ1) is 15.2. The van der Waals surface area contributed by atoms with Crippen molar-refractivity contribution in [2.24, 2.45) is 0 Å². The van der Waals surface area contributed by atoms with Crippen molar-refractivity contribution in [1.82, 2.24) is 14.9 Å². The van der Waals surface area contributed by atoms with E-state index < -0.39 is 0 Å². The first kappa shape index (κ1) is 19.9. The third-order valence-corrected chi connectivity index (χ3v) is 6.48. The molecule has 2 aliphatic rings. The fraction of sp³-hybridized carbons (Fsp3) is 0.400. The zero-order chi connectivity index (χ0) is 21.2. The maximum absolute atomic E-state index is 12.8. The number of ether oxygens (including phenoxy) is 1. The number of rotatable bonds is 6. The van der Waals surface area contributed by atoms with Gasteiger partial charge in [0.2, 0.25) is 5.91 Å². The number of aromatic nitrogens is 2. The summed E-state index contributed by atoms with van der Waals surface area (Å²) < 4.78 is 5.87. The van der Waals surface area contributed by atoms with Crippen LogP contribution in [0.25, 0.3) is 10.8 Å². The normalized spacial score (nSPS) is 20.4. The van der Waals surface area contributed by atoms with Crippen LogP contribution < -0.4 is 4.90 Å².